The lowest BCUT2D eigenvalue weighted by Crippen LogP contribution is -2.51. The molecule has 1 aromatic carbocycles. The number of carbonyl (C=O) groups excluding carboxylic acids is 1. The molecule has 7 heteroatoms. The summed E-state index contributed by atoms with van der Waals surface area (Å²) in [6, 6.07) is 6.98. The highest BCUT2D eigenvalue weighted by Crippen LogP contribution is 2.60. The second-order valence-electron chi connectivity index (χ2n) is 8.40. The van der Waals surface area contributed by atoms with Crippen molar-refractivity contribution in [2.75, 3.05) is 0 Å². The molecule has 6 nitrogen and oxygen atoms in total. The standard InChI is InChI=1S/C19H21ClN4O2/c20-15-3-1-2-4-16(15)24-18(26)23(21-22-24)11-17(25)19-8-12-5-13(9-19)7-14(6-12)10-19/h1-4,12-14H,5-11H2. The zero-order valence-electron chi connectivity index (χ0n) is 14.5. The van der Waals surface area contributed by atoms with Crippen molar-refractivity contribution in [1.82, 2.24) is 19.8 Å². The molecule has 0 atom stereocenters. The number of benzene rings is 1. The Kier molecular flexibility index (Phi) is 3.61. The minimum atomic E-state index is -0.420. The molecule has 4 bridgehead atoms. The number of hydrogen-bond donors (Lipinski definition) is 0. The molecule has 0 unspecified atom stereocenters. The highest BCUT2D eigenvalue weighted by Gasteiger charge is 2.54. The number of Topliss-reactive ketones (excluding diaryl/α,β-unsaturated/α-hetero) is 1. The lowest BCUT2D eigenvalue weighted by molar-refractivity contribution is -0.144. The number of ketones is 1. The van der Waals surface area contributed by atoms with Crippen LogP contribution in [-0.4, -0.2) is 25.6 Å². The molecule has 4 fully saturated rings. The number of tetrazole rings is 1. The SMILES string of the molecule is O=C(Cn1nnn(-c2ccccc2Cl)c1=O)C12CC3CC(CC(C3)C1)C2. The highest BCUT2D eigenvalue weighted by molar-refractivity contribution is 6.32. The van der Waals surface area contributed by atoms with E-state index in [9.17, 15) is 9.59 Å². The maximum Gasteiger partial charge on any atom is 0.368 e. The molecule has 1 heterocycles. The number of para-hydroxylation sites is 1. The normalized spacial score (nSPS) is 32.1. The molecule has 6 rings (SSSR count). The molecule has 136 valence electrons. The van der Waals surface area contributed by atoms with Crippen LogP contribution in [0.25, 0.3) is 5.69 Å². The molecule has 0 spiro atoms. The van der Waals surface area contributed by atoms with Gasteiger partial charge < -0.3 is 0 Å². The highest BCUT2D eigenvalue weighted by atomic mass is 35.5. The van der Waals surface area contributed by atoms with E-state index in [0.717, 1.165) is 23.9 Å². The molecule has 0 aliphatic heterocycles. The smallest absolute Gasteiger partial charge is 0.297 e. The molecule has 2 aromatic rings. The third-order valence-corrected chi connectivity index (χ3v) is 6.96. The van der Waals surface area contributed by atoms with Crippen LogP contribution in [0.1, 0.15) is 38.5 Å². The first-order valence-electron chi connectivity index (χ1n) is 9.35. The molecule has 4 saturated carbocycles. The van der Waals surface area contributed by atoms with E-state index in [1.165, 1.54) is 23.9 Å². The fourth-order valence-electron chi connectivity index (χ4n) is 5.90. The van der Waals surface area contributed by atoms with E-state index in [1.54, 1.807) is 24.3 Å². The summed E-state index contributed by atoms with van der Waals surface area (Å²) in [7, 11) is 0. The van der Waals surface area contributed by atoms with Crippen molar-refractivity contribution in [2.45, 2.75) is 45.1 Å². The van der Waals surface area contributed by atoms with Crippen molar-refractivity contribution < 1.29 is 4.79 Å². The molecule has 0 saturated heterocycles. The van der Waals surface area contributed by atoms with E-state index in [0.29, 0.717) is 28.5 Å². The van der Waals surface area contributed by atoms with Crippen LogP contribution in [0, 0.1) is 23.2 Å². The third kappa shape index (κ3) is 2.46. The number of carbonyl (C=O) groups is 1. The lowest BCUT2D eigenvalue weighted by atomic mass is 9.48. The Hall–Kier alpha value is -1.95. The van der Waals surface area contributed by atoms with Gasteiger partial charge in [0.05, 0.1) is 10.7 Å². The van der Waals surface area contributed by atoms with E-state index in [-0.39, 0.29) is 17.7 Å². The fourth-order valence-corrected chi connectivity index (χ4v) is 6.12. The van der Waals surface area contributed by atoms with Crippen LogP contribution in [0.3, 0.4) is 0 Å². The van der Waals surface area contributed by atoms with Crippen molar-refractivity contribution in [1.29, 1.82) is 0 Å². The Morgan fingerprint density at radius 2 is 1.69 bits per heavy atom. The molecular weight excluding hydrogens is 352 g/mol. The Bertz CT molecular complexity index is 896. The molecule has 4 aliphatic rings. The van der Waals surface area contributed by atoms with Gasteiger partial charge in [-0.2, -0.15) is 9.36 Å². The van der Waals surface area contributed by atoms with Gasteiger partial charge in [-0.25, -0.2) is 4.79 Å². The van der Waals surface area contributed by atoms with Crippen molar-refractivity contribution in [3.05, 3.63) is 39.8 Å². The molecule has 0 radical (unpaired) electrons. The van der Waals surface area contributed by atoms with Gasteiger partial charge in [0.1, 0.15) is 6.54 Å². The Labute approximate surface area is 156 Å². The van der Waals surface area contributed by atoms with Crippen LogP contribution < -0.4 is 5.69 Å². The molecule has 1 aromatic heterocycles. The van der Waals surface area contributed by atoms with E-state index >= 15 is 0 Å². The maximum atomic E-state index is 13.2. The van der Waals surface area contributed by atoms with E-state index in [1.807, 2.05) is 0 Å². The topological polar surface area (TPSA) is 69.8 Å². The van der Waals surface area contributed by atoms with Crippen LogP contribution in [0.5, 0.6) is 0 Å². The van der Waals surface area contributed by atoms with Crippen molar-refractivity contribution in [3.8, 4) is 5.69 Å². The van der Waals surface area contributed by atoms with Gasteiger partial charge in [-0.05, 0) is 78.8 Å². The summed E-state index contributed by atoms with van der Waals surface area (Å²) in [5, 5.41) is 8.29. The number of nitrogens with zero attached hydrogens (tertiary/aromatic N) is 4. The molecular formula is C19H21ClN4O2. The second-order valence-corrected chi connectivity index (χ2v) is 8.81. The number of aromatic nitrogens is 4. The monoisotopic (exact) mass is 372 g/mol. The average molecular weight is 373 g/mol. The van der Waals surface area contributed by atoms with Crippen LogP contribution in [0.2, 0.25) is 5.02 Å². The van der Waals surface area contributed by atoms with Gasteiger partial charge in [0.2, 0.25) is 0 Å². The van der Waals surface area contributed by atoms with Crippen molar-refractivity contribution in [2.24, 2.45) is 23.2 Å². The van der Waals surface area contributed by atoms with Gasteiger partial charge in [-0.15, -0.1) is 0 Å². The summed E-state index contributed by atoms with van der Waals surface area (Å²) in [6.45, 7) is 0.00937. The van der Waals surface area contributed by atoms with Gasteiger partial charge in [0.15, 0.2) is 5.78 Å². The van der Waals surface area contributed by atoms with Crippen LogP contribution in [-0.2, 0) is 11.3 Å². The molecule has 0 amide bonds. The average Bonchev–Trinajstić information content (AvgIpc) is 2.95. The molecule has 0 N–H and O–H groups in total. The number of halogens is 1. The summed E-state index contributed by atoms with van der Waals surface area (Å²) >= 11 is 6.15. The number of hydrogen-bond acceptors (Lipinski definition) is 4. The lowest BCUT2D eigenvalue weighted by Gasteiger charge is -2.55. The second kappa shape index (κ2) is 5.78. The van der Waals surface area contributed by atoms with Crippen LogP contribution >= 0.6 is 11.6 Å². The first-order valence-corrected chi connectivity index (χ1v) is 9.73. The number of rotatable bonds is 4. The summed E-state index contributed by atoms with van der Waals surface area (Å²) in [6.07, 6.45) is 6.83. The van der Waals surface area contributed by atoms with Crippen LogP contribution in [0.15, 0.2) is 29.1 Å². The predicted molar refractivity (Wildman–Crippen MR) is 96.2 cm³/mol. The first kappa shape index (κ1) is 16.2. The van der Waals surface area contributed by atoms with Gasteiger partial charge in [0, 0.05) is 5.41 Å². The summed E-state index contributed by atoms with van der Waals surface area (Å²) in [5.41, 5.74) is -0.175. The van der Waals surface area contributed by atoms with Gasteiger partial charge in [0.25, 0.3) is 0 Å². The summed E-state index contributed by atoms with van der Waals surface area (Å²) in [5.74, 6) is 2.24. The maximum absolute atomic E-state index is 13.2. The summed E-state index contributed by atoms with van der Waals surface area (Å²) < 4.78 is 2.35. The predicted octanol–water partition coefficient (Wildman–Crippen LogP) is 2.87. The van der Waals surface area contributed by atoms with Gasteiger partial charge >= 0.3 is 5.69 Å². The molecule has 26 heavy (non-hydrogen) atoms. The fraction of sp³-hybridized carbons (Fsp3) is 0.579. The van der Waals surface area contributed by atoms with Crippen LogP contribution in [0.4, 0.5) is 0 Å². The van der Waals surface area contributed by atoms with Crippen molar-refractivity contribution >= 4 is 17.4 Å². The Balaban J connectivity index is 1.42. The Morgan fingerprint density at radius 3 is 2.31 bits per heavy atom. The van der Waals surface area contributed by atoms with E-state index in [2.05, 4.69) is 10.4 Å². The van der Waals surface area contributed by atoms with Crippen molar-refractivity contribution in [3.63, 3.8) is 0 Å². The Morgan fingerprint density at radius 1 is 1.08 bits per heavy atom. The zero-order valence-corrected chi connectivity index (χ0v) is 15.2. The first-order chi connectivity index (χ1) is 12.5. The van der Waals surface area contributed by atoms with E-state index < -0.39 is 5.69 Å². The minimum Gasteiger partial charge on any atom is -0.297 e. The third-order valence-electron chi connectivity index (χ3n) is 6.64. The largest absolute Gasteiger partial charge is 0.368 e. The zero-order chi connectivity index (χ0) is 17.9. The summed E-state index contributed by atoms with van der Waals surface area (Å²) in [4.78, 5) is 25.8. The quantitative estimate of drug-likeness (QED) is 0.827. The minimum absolute atomic E-state index is 0.00937. The van der Waals surface area contributed by atoms with E-state index in [4.69, 9.17) is 11.6 Å². The van der Waals surface area contributed by atoms with Gasteiger partial charge in [-0.1, -0.05) is 23.7 Å². The molecule has 4 aliphatic carbocycles. The van der Waals surface area contributed by atoms with Gasteiger partial charge in [-0.3, -0.25) is 4.79 Å².